The molecule has 0 bridgehead atoms. The molecule has 5 heteroatoms. The molecule has 11 heavy (non-hydrogen) atoms. The number of hydrogen-bond acceptors (Lipinski definition) is 2. The molecule has 0 aliphatic carbocycles. The molecule has 0 aliphatic rings. The molecule has 2 atom stereocenters. The van der Waals surface area contributed by atoms with Crippen LogP contribution in [0.1, 0.15) is 13.8 Å². The second-order valence-corrected chi connectivity index (χ2v) is 4.90. The zero-order valence-electron chi connectivity index (χ0n) is 6.10. The van der Waals surface area contributed by atoms with Crippen LogP contribution in [0, 0.1) is 0 Å². The monoisotopic (exact) mass is 286 g/mol. The third-order valence-electron chi connectivity index (χ3n) is 1.38. The first-order chi connectivity index (χ1) is 4.80. The van der Waals surface area contributed by atoms with Gasteiger partial charge in [-0.3, -0.25) is 9.59 Å². The van der Waals surface area contributed by atoms with Crippen molar-refractivity contribution in [2.75, 3.05) is 0 Å². The zero-order chi connectivity index (χ0) is 9.23. The Kier molecular flexibility index (Phi) is 3.70. The van der Waals surface area contributed by atoms with E-state index in [4.69, 9.17) is 5.11 Å². The highest BCUT2D eigenvalue weighted by atomic mass is 79.9. The van der Waals surface area contributed by atoms with Gasteiger partial charge in [-0.25, -0.2) is 0 Å². The Bertz CT molecular complexity index is 188. The number of hydrogen-bond donors (Lipinski definition) is 1. The average Bonchev–Trinajstić information content (AvgIpc) is 1.85. The van der Waals surface area contributed by atoms with Gasteiger partial charge in [-0.1, -0.05) is 31.9 Å². The fraction of sp³-hybridized carbons (Fsp3) is 0.667. The lowest BCUT2D eigenvalue weighted by Gasteiger charge is -2.21. The summed E-state index contributed by atoms with van der Waals surface area (Å²) in [6.45, 7) is 2.86. The first kappa shape index (κ1) is 11.1. The molecule has 3 nitrogen and oxygen atoms in total. The predicted octanol–water partition coefficient (Wildman–Crippen LogP) is 1.58. The Morgan fingerprint density at radius 2 is 1.91 bits per heavy atom. The van der Waals surface area contributed by atoms with Crippen molar-refractivity contribution in [3.05, 3.63) is 0 Å². The molecule has 0 saturated carbocycles. The molecular formula is C6H8Br2O3. The largest absolute Gasteiger partial charge is 0.480 e. The Morgan fingerprint density at radius 1 is 1.55 bits per heavy atom. The van der Waals surface area contributed by atoms with Gasteiger partial charge < -0.3 is 5.11 Å². The number of alkyl halides is 2. The van der Waals surface area contributed by atoms with E-state index in [1.165, 1.54) is 13.8 Å². The summed E-state index contributed by atoms with van der Waals surface area (Å²) in [6, 6.07) is 0. The number of Topliss-reactive ketones (excluding diaryl/α,β-unsaturated/α-hetero) is 1. The van der Waals surface area contributed by atoms with Gasteiger partial charge in [-0.05, 0) is 13.8 Å². The van der Waals surface area contributed by atoms with Crippen LogP contribution in [0.5, 0.6) is 0 Å². The van der Waals surface area contributed by atoms with Crippen molar-refractivity contribution in [3.8, 4) is 0 Å². The Morgan fingerprint density at radius 3 is 2.00 bits per heavy atom. The predicted molar refractivity (Wildman–Crippen MR) is 48.4 cm³/mol. The van der Waals surface area contributed by atoms with Crippen molar-refractivity contribution >= 4 is 43.6 Å². The fourth-order valence-corrected chi connectivity index (χ4v) is 0.929. The van der Waals surface area contributed by atoms with Gasteiger partial charge >= 0.3 is 5.97 Å². The first-order valence-corrected chi connectivity index (χ1v) is 4.58. The summed E-state index contributed by atoms with van der Waals surface area (Å²) >= 11 is 5.93. The van der Waals surface area contributed by atoms with Gasteiger partial charge in [-0.15, -0.1) is 0 Å². The summed E-state index contributed by atoms with van der Waals surface area (Å²) in [5.74, 6) is -1.28. The molecule has 0 saturated heterocycles. The normalized spacial score (nSPS) is 18.5. The molecule has 0 radical (unpaired) electrons. The van der Waals surface area contributed by atoms with E-state index in [2.05, 4.69) is 31.9 Å². The Hall–Kier alpha value is 0.1000. The van der Waals surface area contributed by atoms with Gasteiger partial charge in [0.25, 0.3) is 0 Å². The second-order valence-electron chi connectivity index (χ2n) is 2.33. The lowest BCUT2D eigenvalue weighted by Crippen LogP contribution is -2.40. The van der Waals surface area contributed by atoms with Crippen molar-refractivity contribution in [2.24, 2.45) is 0 Å². The third-order valence-corrected chi connectivity index (χ3v) is 4.32. The van der Waals surface area contributed by atoms with E-state index in [0.717, 1.165) is 0 Å². The molecule has 2 unspecified atom stereocenters. The van der Waals surface area contributed by atoms with E-state index in [1.807, 2.05) is 0 Å². The molecule has 0 aromatic rings. The zero-order valence-corrected chi connectivity index (χ0v) is 9.27. The maximum atomic E-state index is 10.9. The quantitative estimate of drug-likeness (QED) is 0.802. The molecule has 0 aliphatic heterocycles. The van der Waals surface area contributed by atoms with Gasteiger partial charge in [0.05, 0.1) is 0 Å². The fourth-order valence-electron chi connectivity index (χ4n) is 0.410. The van der Waals surface area contributed by atoms with Crippen molar-refractivity contribution in [1.82, 2.24) is 0 Å². The highest BCUT2D eigenvalue weighted by Gasteiger charge is 2.39. The van der Waals surface area contributed by atoms with E-state index in [-0.39, 0.29) is 5.78 Å². The highest BCUT2D eigenvalue weighted by molar-refractivity contribution is 9.13. The van der Waals surface area contributed by atoms with E-state index in [9.17, 15) is 9.59 Å². The van der Waals surface area contributed by atoms with Crippen molar-refractivity contribution < 1.29 is 14.7 Å². The standard InChI is InChI=1S/C6H8Br2O3/c1-3(9)6(2,8)4(7)5(10)11/h4H,1-2H3,(H,10,11). The van der Waals surface area contributed by atoms with Crippen LogP contribution in [0.15, 0.2) is 0 Å². The lowest BCUT2D eigenvalue weighted by atomic mass is 10.0. The molecule has 0 rings (SSSR count). The van der Waals surface area contributed by atoms with Gasteiger partial charge in [0, 0.05) is 0 Å². The summed E-state index contributed by atoms with van der Waals surface area (Å²) < 4.78 is -1.03. The van der Waals surface area contributed by atoms with E-state index in [1.54, 1.807) is 0 Å². The lowest BCUT2D eigenvalue weighted by molar-refractivity contribution is -0.138. The van der Waals surface area contributed by atoms with Crippen molar-refractivity contribution in [2.45, 2.75) is 23.0 Å². The van der Waals surface area contributed by atoms with Crippen LogP contribution in [0.4, 0.5) is 0 Å². The number of ketones is 1. The van der Waals surface area contributed by atoms with Crippen LogP contribution < -0.4 is 0 Å². The maximum Gasteiger partial charge on any atom is 0.319 e. The third kappa shape index (κ3) is 2.56. The number of aliphatic carboxylic acids is 1. The van der Waals surface area contributed by atoms with Crippen LogP contribution in [0.25, 0.3) is 0 Å². The minimum atomic E-state index is -1.06. The van der Waals surface area contributed by atoms with Crippen LogP contribution in [-0.4, -0.2) is 26.0 Å². The summed E-state index contributed by atoms with van der Waals surface area (Å²) in [5, 5.41) is 8.54. The molecule has 0 spiro atoms. The number of carbonyl (C=O) groups is 2. The topological polar surface area (TPSA) is 54.4 Å². The molecule has 0 heterocycles. The second kappa shape index (κ2) is 3.67. The number of carbonyl (C=O) groups excluding carboxylic acids is 1. The van der Waals surface area contributed by atoms with Crippen molar-refractivity contribution in [1.29, 1.82) is 0 Å². The van der Waals surface area contributed by atoms with Gasteiger partial charge in [0.2, 0.25) is 0 Å². The molecule has 0 aromatic carbocycles. The van der Waals surface area contributed by atoms with Crippen LogP contribution in [-0.2, 0) is 9.59 Å². The molecule has 0 fully saturated rings. The minimum Gasteiger partial charge on any atom is -0.480 e. The number of carboxylic acids is 1. The van der Waals surface area contributed by atoms with Gasteiger partial charge in [0.1, 0.15) is 14.9 Å². The molecule has 64 valence electrons. The van der Waals surface area contributed by atoms with Gasteiger partial charge in [0.15, 0.2) is 0 Å². The first-order valence-electron chi connectivity index (χ1n) is 2.87. The molecular weight excluding hydrogens is 280 g/mol. The summed E-state index contributed by atoms with van der Waals surface area (Å²) in [6.07, 6.45) is 0. The number of rotatable bonds is 3. The highest BCUT2D eigenvalue weighted by Crippen LogP contribution is 2.28. The summed E-state index contributed by atoms with van der Waals surface area (Å²) in [5.41, 5.74) is 0. The van der Waals surface area contributed by atoms with E-state index in [0.29, 0.717) is 0 Å². The Labute approximate surface area is 81.4 Å². The molecule has 0 amide bonds. The van der Waals surface area contributed by atoms with Crippen LogP contribution >= 0.6 is 31.9 Å². The Balaban J connectivity index is 4.55. The smallest absolute Gasteiger partial charge is 0.319 e. The van der Waals surface area contributed by atoms with Gasteiger partial charge in [-0.2, -0.15) is 0 Å². The number of halogens is 2. The maximum absolute atomic E-state index is 10.9. The van der Waals surface area contributed by atoms with Crippen LogP contribution in [0.3, 0.4) is 0 Å². The van der Waals surface area contributed by atoms with Crippen molar-refractivity contribution in [3.63, 3.8) is 0 Å². The van der Waals surface area contributed by atoms with E-state index < -0.39 is 15.1 Å². The average molecular weight is 288 g/mol. The van der Waals surface area contributed by atoms with Crippen LogP contribution in [0.2, 0.25) is 0 Å². The van der Waals surface area contributed by atoms with E-state index >= 15 is 0 Å². The minimum absolute atomic E-state index is 0.221. The summed E-state index contributed by atoms with van der Waals surface area (Å²) in [7, 11) is 0. The molecule has 1 N–H and O–H groups in total. The number of carboxylic acid groups (broad SMARTS) is 1. The molecule has 0 aromatic heterocycles. The summed E-state index contributed by atoms with van der Waals surface area (Å²) in [4.78, 5) is 20.4. The SMILES string of the molecule is CC(=O)C(C)(Br)C(Br)C(=O)O.